The maximum atomic E-state index is 11.7. The molecule has 1 heterocycles. The van der Waals surface area contributed by atoms with Crippen LogP contribution in [-0.4, -0.2) is 57.1 Å². The highest BCUT2D eigenvalue weighted by Gasteiger charge is 2.20. The van der Waals surface area contributed by atoms with Gasteiger partial charge in [0.1, 0.15) is 0 Å². The average molecular weight is 280 g/mol. The summed E-state index contributed by atoms with van der Waals surface area (Å²) in [6.45, 7) is 1.76. The third-order valence-electron chi connectivity index (χ3n) is 2.91. The molecule has 1 fully saturated rings. The Kier molecular flexibility index (Phi) is 6.00. The molecule has 106 valence electrons. The Bertz CT molecular complexity index is 364. The van der Waals surface area contributed by atoms with E-state index in [4.69, 9.17) is 9.84 Å². The lowest BCUT2D eigenvalue weighted by Crippen LogP contribution is -2.40. The van der Waals surface area contributed by atoms with E-state index in [0.717, 1.165) is 23.8 Å². The number of ether oxygens (including phenoxy) is 1. The van der Waals surface area contributed by atoms with Gasteiger partial charge >= 0.3 is 5.97 Å². The van der Waals surface area contributed by atoms with Crippen molar-refractivity contribution >= 4 is 16.2 Å². The van der Waals surface area contributed by atoms with Crippen LogP contribution in [-0.2, 0) is 19.7 Å². The highest BCUT2D eigenvalue weighted by molar-refractivity contribution is 7.87. The highest BCUT2D eigenvalue weighted by atomic mass is 32.2. The summed E-state index contributed by atoms with van der Waals surface area (Å²) in [4.78, 5) is 10.4. The maximum Gasteiger partial charge on any atom is 0.304 e. The van der Waals surface area contributed by atoms with Gasteiger partial charge in [-0.1, -0.05) is 0 Å². The zero-order valence-electron chi connectivity index (χ0n) is 10.5. The molecule has 0 spiro atoms. The number of carboxylic acids is 1. The lowest BCUT2D eigenvalue weighted by atomic mass is 10.1. The molecule has 0 radical (unpaired) electrons. The van der Waals surface area contributed by atoms with Crippen LogP contribution < -0.4 is 4.72 Å². The molecule has 1 rings (SSSR count). The Labute approximate surface area is 107 Å². The van der Waals surface area contributed by atoms with Gasteiger partial charge in [0, 0.05) is 33.4 Å². The molecular formula is C10H20N2O5S. The second-order valence-corrected chi connectivity index (χ2v) is 6.25. The highest BCUT2D eigenvalue weighted by Crippen LogP contribution is 2.15. The Morgan fingerprint density at radius 1 is 1.56 bits per heavy atom. The molecule has 1 aliphatic rings. The second-order valence-electron chi connectivity index (χ2n) is 4.38. The molecule has 0 aromatic carbocycles. The number of hydrogen-bond donors (Lipinski definition) is 2. The minimum atomic E-state index is -3.57. The number of hydrogen-bond acceptors (Lipinski definition) is 4. The van der Waals surface area contributed by atoms with Crippen LogP contribution in [0, 0.1) is 5.92 Å². The molecule has 0 aromatic rings. The lowest BCUT2D eigenvalue weighted by Gasteiger charge is -2.17. The van der Waals surface area contributed by atoms with Crippen LogP contribution in [0.2, 0.25) is 0 Å². The summed E-state index contributed by atoms with van der Waals surface area (Å²) >= 11 is 0. The van der Waals surface area contributed by atoms with Gasteiger partial charge in [0.2, 0.25) is 0 Å². The van der Waals surface area contributed by atoms with E-state index in [1.807, 2.05) is 0 Å². The first kappa shape index (κ1) is 15.4. The van der Waals surface area contributed by atoms with E-state index in [9.17, 15) is 13.2 Å². The summed E-state index contributed by atoms with van der Waals surface area (Å²) < 4.78 is 32.1. The predicted molar refractivity (Wildman–Crippen MR) is 65.3 cm³/mol. The minimum Gasteiger partial charge on any atom is -0.481 e. The largest absolute Gasteiger partial charge is 0.481 e. The van der Waals surface area contributed by atoms with Crippen molar-refractivity contribution in [3.63, 3.8) is 0 Å². The molecule has 0 saturated carbocycles. The summed E-state index contributed by atoms with van der Waals surface area (Å²) in [6, 6.07) is 0. The molecule has 1 aliphatic heterocycles. The van der Waals surface area contributed by atoms with Crippen LogP contribution in [0.4, 0.5) is 0 Å². The summed E-state index contributed by atoms with van der Waals surface area (Å²) in [5.41, 5.74) is 0. The first-order valence-electron chi connectivity index (χ1n) is 5.92. The third kappa shape index (κ3) is 5.30. The molecule has 2 N–H and O–H groups in total. The Hall–Kier alpha value is -0.700. The number of nitrogens with zero attached hydrogens (tertiary/aromatic N) is 1. The van der Waals surface area contributed by atoms with Gasteiger partial charge in [-0.2, -0.15) is 12.7 Å². The van der Waals surface area contributed by atoms with E-state index < -0.39 is 16.2 Å². The molecule has 1 saturated heterocycles. The topological polar surface area (TPSA) is 95.9 Å². The van der Waals surface area contributed by atoms with Crippen LogP contribution in [0.15, 0.2) is 0 Å². The summed E-state index contributed by atoms with van der Waals surface area (Å²) in [6.07, 6.45) is 1.51. The van der Waals surface area contributed by atoms with Gasteiger partial charge in [-0.15, -0.1) is 0 Å². The van der Waals surface area contributed by atoms with E-state index in [1.54, 1.807) is 0 Å². The van der Waals surface area contributed by atoms with Gasteiger partial charge < -0.3 is 9.84 Å². The third-order valence-corrected chi connectivity index (χ3v) is 4.48. The average Bonchev–Trinajstić information content (AvgIpc) is 2.78. The standard InChI is InChI=1S/C10H20N2O5S/c1-12(6-3-10(13)14)18(15,16)11-5-2-9-4-7-17-8-9/h9,11H,2-8H2,1H3,(H,13,14). The molecular weight excluding hydrogens is 260 g/mol. The second kappa shape index (κ2) is 7.03. The molecule has 0 bridgehead atoms. The number of rotatable bonds is 8. The van der Waals surface area contributed by atoms with Crippen molar-refractivity contribution < 1.29 is 23.1 Å². The summed E-state index contributed by atoms with van der Waals surface area (Å²) in [5, 5.41) is 8.49. The Balaban J connectivity index is 2.27. The van der Waals surface area contributed by atoms with Crippen LogP contribution in [0.3, 0.4) is 0 Å². The van der Waals surface area contributed by atoms with Gasteiger partial charge in [0.25, 0.3) is 10.2 Å². The maximum absolute atomic E-state index is 11.7. The van der Waals surface area contributed by atoms with Crippen molar-refractivity contribution in [3.8, 4) is 0 Å². The van der Waals surface area contributed by atoms with Gasteiger partial charge in [0.05, 0.1) is 6.42 Å². The molecule has 7 nitrogen and oxygen atoms in total. The van der Waals surface area contributed by atoms with Crippen molar-refractivity contribution in [1.82, 2.24) is 9.03 Å². The van der Waals surface area contributed by atoms with Crippen LogP contribution >= 0.6 is 0 Å². The monoisotopic (exact) mass is 280 g/mol. The minimum absolute atomic E-state index is 0.0305. The zero-order chi connectivity index (χ0) is 13.6. The van der Waals surface area contributed by atoms with E-state index in [0.29, 0.717) is 19.1 Å². The van der Waals surface area contributed by atoms with Crippen LogP contribution in [0.5, 0.6) is 0 Å². The predicted octanol–water partition coefficient (Wildman–Crippen LogP) is -0.346. The normalized spacial score (nSPS) is 20.4. The molecule has 0 aliphatic carbocycles. The number of carbonyl (C=O) groups is 1. The van der Waals surface area contributed by atoms with E-state index in [2.05, 4.69) is 4.72 Å². The van der Waals surface area contributed by atoms with Gasteiger partial charge in [-0.05, 0) is 18.8 Å². The SMILES string of the molecule is CN(CCC(=O)O)S(=O)(=O)NCCC1CCOC1. The van der Waals surface area contributed by atoms with Crippen molar-refractivity contribution in [1.29, 1.82) is 0 Å². The number of carboxylic acid groups (broad SMARTS) is 1. The molecule has 18 heavy (non-hydrogen) atoms. The van der Waals surface area contributed by atoms with Crippen molar-refractivity contribution in [2.45, 2.75) is 19.3 Å². The lowest BCUT2D eigenvalue weighted by molar-refractivity contribution is -0.137. The molecule has 0 amide bonds. The van der Waals surface area contributed by atoms with Crippen LogP contribution in [0.1, 0.15) is 19.3 Å². The van der Waals surface area contributed by atoms with Crippen molar-refractivity contribution in [2.75, 3.05) is 33.4 Å². The smallest absolute Gasteiger partial charge is 0.304 e. The molecule has 1 atom stereocenters. The first-order valence-corrected chi connectivity index (χ1v) is 7.36. The summed E-state index contributed by atoms with van der Waals surface area (Å²) in [7, 11) is -2.20. The molecule has 8 heteroatoms. The quantitative estimate of drug-likeness (QED) is 0.634. The molecule has 1 unspecified atom stereocenters. The Morgan fingerprint density at radius 2 is 2.28 bits per heavy atom. The number of aliphatic carboxylic acids is 1. The fraction of sp³-hybridized carbons (Fsp3) is 0.900. The molecule has 0 aromatic heterocycles. The van der Waals surface area contributed by atoms with Gasteiger partial charge in [-0.25, -0.2) is 4.72 Å². The fourth-order valence-electron chi connectivity index (χ4n) is 1.69. The van der Waals surface area contributed by atoms with Gasteiger partial charge in [0.15, 0.2) is 0 Å². The zero-order valence-corrected chi connectivity index (χ0v) is 11.3. The first-order chi connectivity index (χ1) is 8.42. The summed E-state index contributed by atoms with van der Waals surface area (Å²) in [5.74, 6) is -0.600. The van der Waals surface area contributed by atoms with Crippen molar-refractivity contribution in [2.24, 2.45) is 5.92 Å². The van der Waals surface area contributed by atoms with E-state index in [-0.39, 0.29) is 13.0 Å². The van der Waals surface area contributed by atoms with E-state index in [1.165, 1.54) is 7.05 Å². The van der Waals surface area contributed by atoms with Gasteiger partial charge in [-0.3, -0.25) is 4.79 Å². The fourth-order valence-corrected chi connectivity index (χ4v) is 2.61. The number of nitrogens with one attached hydrogen (secondary N) is 1. The van der Waals surface area contributed by atoms with Crippen LogP contribution in [0.25, 0.3) is 0 Å². The Morgan fingerprint density at radius 3 is 2.83 bits per heavy atom. The van der Waals surface area contributed by atoms with E-state index >= 15 is 0 Å². The van der Waals surface area contributed by atoms with Crippen molar-refractivity contribution in [3.05, 3.63) is 0 Å².